The Morgan fingerprint density at radius 1 is 1.67 bits per heavy atom. The van der Waals surface area contributed by atoms with Gasteiger partial charge in [-0.05, 0) is 32.1 Å². The molecule has 0 aromatic rings. The van der Waals surface area contributed by atoms with Crippen molar-refractivity contribution in [3.05, 3.63) is 35.6 Å². The molecule has 1 aliphatic rings. The number of carbonyl (C=O) groups is 1. The number of amides is 1. The molecule has 21 heavy (non-hydrogen) atoms. The second-order valence-corrected chi connectivity index (χ2v) is 6.21. The summed E-state index contributed by atoms with van der Waals surface area (Å²) in [5, 5.41) is 21.3. The molecule has 5 nitrogen and oxygen atoms in total. The molecule has 0 fully saturated rings. The van der Waals surface area contributed by atoms with Crippen LogP contribution in [0.15, 0.2) is 35.6 Å². The Bertz CT molecular complexity index is 464. The summed E-state index contributed by atoms with van der Waals surface area (Å²) in [6, 6.07) is 0. The Morgan fingerprint density at radius 3 is 2.76 bits per heavy atom. The highest BCUT2D eigenvalue weighted by molar-refractivity contribution is 8.00. The number of hydrogen-bond acceptors (Lipinski definition) is 5. The standard InChI is InChI=1S/C14H22BNO4S/c1-5-6-11-13(10(2)3)20-8-14(11,21-4)7-12(15(18)19)16-9-17/h5-6,9,12,18-19H,2,7-8H2,1,3-4H3,(H,16,17)/b6-5-/t12-,14+/m0/s1. The molecule has 0 spiro atoms. The van der Waals surface area contributed by atoms with E-state index >= 15 is 0 Å². The Kier molecular flexibility index (Phi) is 6.58. The molecular formula is C14H22BNO4S. The van der Waals surface area contributed by atoms with Gasteiger partial charge in [0.1, 0.15) is 12.4 Å². The fourth-order valence-corrected chi connectivity index (χ4v) is 3.32. The number of hydrogen-bond donors (Lipinski definition) is 3. The van der Waals surface area contributed by atoms with Gasteiger partial charge in [-0.1, -0.05) is 18.7 Å². The van der Waals surface area contributed by atoms with E-state index in [1.807, 2.05) is 32.3 Å². The van der Waals surface area contributed by atoms with E-state index < -0.39 is 17.8 Å². The SMILES string of the molecule is C=C(C)C1=C(/C=C\C)[C@](C[C@H](NC=O)B(O)O)(SC)CO1. The van der Waals surface area contributed by atoms with Crippen molar-refractivity contribution in [2.24, 2.45) is 0 Å². The van der Waals surface area contributed by atoms with Gasteiger partial charge in [-0.2, -0.15) is 0 Å². The van der Waals surface area contributed by atoms with Crippen LogP contribution in [0.1, 0.15) is 20.3 Å². The molecule has 0 unspecified atom stereocenters. The van der Waals surface area contributed by atoms with Crippen LogP contribution < -0.4 is 5.32 Å². The van der Waals surface area contributed by atoms with Crippen molar-refractivity contribution in [2.75, 3.05) is 12.9 Å². The van der Waals surface area contributed by atoms with Gasteiger partial charge in [0, 0.05) is 5.57 Å². The van der Waals surface area contributed by atoms with Crippen LogP contribution in [0.2, 0.25) is 0 Å². The van der Waals surface area contributed by atoms with Crippen LogP contribution in [0.3, 0.4) is 0 Å². The second-order valence-electron chi connectivity index (χ2n) is 5.02. The zero-order chi connectivity index (χ0) is 16.0. The lowest BCUT2D eigenvalue weighted by atomic mass is 9.73. The number of nitrogens with one attached hydrogen (secondary N) is 1. The highest BCUT2D eigenvalue weighted by atomic mass is 32.2. The van der Waals surface area contributed by atoms with Gasteiger partial charge in [-0.3, -0.25) is 4.79 Å². The van der Waals surface area contributed by atoms with E-state index in [2.05, 4.69) is 11.9 Å². The molecule has 0 saturated carbocycles. The minimum absolute atomic E-state index is 0.348. The zero-order valence-electron chi connectivity index (χ0n) is 12.6. The van der Waals surface area contributed by atoms with Crippen LogP contribution >= 0.6 is 11.8 Å². The van der Waals surface area contributed by atoms with Crippen LogP contribution in [-0.2, 0) is 9.53 Å². The fraction of sp³-hybridized carbons (Fsp3) is 0.500. The van der Waals surface area contributed by atoms with Crippen LogP contribution in [0.4, 0.5) is 0 Å². The molecule has 0 radical (unpaired) electrons. The van der Waals surface area contributed by atoms with E-state index in [-0.39, 0.29) is 0 Å². The lowest BCUT2D eigenvalue weighted by molar-refractivity contribution is -0.109. The number of carbonyl (C=O) groups excluding carboxylic acids is 1. The molecule has 1 amide bonds. The van der Waals surface area contributed by atoms with E-state index in [9.17, 15) is 14.8 Å². The Balaban J connectivity index is 3.19. The number of rotatable bonds is 8. The number of ether oxygens (including phenoxy) is 1. The highest BCUT2D eigenvalue weighted by Gasteiger charge is 2.45. The van der Waals surface area contributed by atoms with E-state index in [0.29, 0.717) is 19.4 Å². The van der Waals surface area contributed by atoms with Gasteiger partial charge in [-0.25, -0.2) is 0 Å². The summed E-state index contributed by atoms with van der Waals surface area (Å²) < 4.78 is 5.32. The third kappa shape index (κ3) is 3.93. The first-order valence-corrected chi connectivity index (χ1v) is 7.91. The smallest absolute Gasteiger partial charge is 0.475 e. The third-order valence-electron chi connectivity index (χ3n) is 3.49. The molecule has 2 atom stereocenters. The van der Waals surface area contributed by atoms with E-state index in [1.54, 1.807) is 11.8 Å². The Labute approximate surface area is 130 Å². The molecular weight excluding hydrogens is 289 g/mol. The van der Waals surface area contributed by atoms with Gasteiger partial charge >= 0.3 is 7.12 Å². The summed E-state index contributed by atoms with van der Waals surface area (Å²) in [6.07, 6.45) is 6.63. The zero-order valence-corrected chi connectivity index (χ0v) is 13.4. The van der Waals surface area contributed by atoms with Gasteiger partial charge in [0.2, 0.25) is 6.41 Å². The molecule has 0 aromatic carbocycles. The van der Waals surface area contributed by atoms with E-state index in [4.69, 9.17) is 4.74 Å². The van der Waals surface area contributed by atoms with Crippen molar-refractivity contribution in [3.8, 4) is 0 Å². The largest absolute Gasteiger partial charge is 0.491 e. The predicted molar refractivity (Wildman–Crippen MR) is 86.6 cm³/mol. The minimum Gasteiger partial charge on any atom is -0.491 e. The van der Waals surface area contributed by atoms with Crippen LogP contribution in [0, 0.1) is 0 Å². The fourth-order valence-electron chi connectivity index (χ4n) is 2.41. The molecule has 1 aliphatic heterocycles. The summed E-state index contributed by atoms with van der Waals surface area (Å²) in [5.74, 6) is -0.0250. The second kappa shape index (κ2) is 7.73. The van der Waals surface area contributed by atoms with Crippen molar-refractivity contribution in [2.45, 2.75) is 31.0 Å². The first kappa shape index (κ1) is 17.9. The minimum atomic E-state index is -1.63. The summed E-state index contributed by atoms with van der Waals surface area (Å²) >= 11 is 1.57. The summed E-state index contributed by atoms with van der Waals surface area (Å²) in [4.78, 5) is 10.7. The van der Waals surface area contributed by atoms with Crippen molar-refractivity contribution in [1.82, 2.24) is 5.32 Å². The van der Waals surface area contributed by atoms with Gasteiger partial charge in [0.15, 0.2) is 0 Å². The molecule has 116 valence electrons. The third-order valence-corrected chi connectivity index (χ3v) is 4.77. The van der Waals surface area contributed by atoms with Gasteiger partial charge < -0.3 is 20.1 Å². The van der Waals surface area contributed by atoms with Crippen LogP contribution in [0.5, 0.6) is 0 Å². The highest BCUT2D eigenvalue weighted by Crippen LogP contribution is 2.45. The topological polar surface area (TPSA) is 78.8 Å². The molecule has 1 rings (SSSR count). The average Bonchev–Trinajstić information content (AvgIpc) is 2.78. The van der Waals surface area contributed by atoms with E-state index in [1.165, 1.54) is 0 Å². The molecule has 0 aliphatic carbocycles. The maximum absolute atomic E-state index is 10.7. The first-order valence-electron chi connectivity index (χ1n) is 6.69. The molecule has 0 bridgehead atoms. The Hall–Kier alpha value is -1.18. The summed E-state index contributed by atoms with van der Waals surface area (Å²) in [7, 11) is -1.63. The molecule has 7 heteroatoms. The quantitative estimate of drug-likeness (QED) is 0.461. The van der Waals surface area contributed by atoms with Crippen molar-refractivity contribution >= 4 is 25.3 Å². The van der Waals surface area contributed by atoms with Gasteiger partial charge in [-0.15, -0.1) is 11.8 Å². The maximum atomic E-state index is 10.7. The maximum Gasteiger partial charge on any atom is 0.475 e. The van der Waals surface area contributed by atoms with Crippen molar-refractivity contribution < 1.29 is 19.6 Å². The lowest BCUT2D eigenvalue weighted by Gasteiger charge is -2.31. The molecule has 0 aromatic heterocycles. The molecule has 0 saturated heterocycles. The lowest BCUT2D eigenvalue weighted by Crippen LogP contribution is -2.48. The number of thioether (sulfide) groups is 1. The molecule has 3 N–H and O–H groups in total. The Morgan fingerprint density at radius 2 is 2.33 bits per heavy atom. The first-order chi connectivity index (χ1) is 9.91. The van der Waals surface area contributed by atoms with Gasteiger partial charge in [0.25, 0.3) is 0 Å². The average molecular weight is 311 g/mol. The monoisotopic (exact) mass is 311 g/mol. The van der Waals surface area contributed by atoms with Crippen molar-refractivity contribution in [1.29, 1.82) is 0 Å². The normalized spacial score (nSPS) is 23.1. The number of allylic oxidation sites excluding steroid dienone is 3. The van der Waals surface area contributed by atoms with Gasteiger partial charge in [0.05, 0.1) is 10.7 Å². The van der Waals surface area contributed by atoms with E-state index in [0.717, 1.165) is 16.9 Å². The predicted octanol–water partition coefficient (Wildman–Crippen LogP) is 1.04. The van der Waals surface area contributed by atoms with Crippen LogP contribution in [0.25, 0.3) is 0 Å². The summed E-state index contributed by atoms with van der Waals surface area (Å²) in [6.45, 7) is 8.11. The summed E-state index contributed by atoms with van der Waals surface area (Å²) in [5.41, 5.74) is 1.78. The molecule has 1 heterocycles. The van der Waals surface area contributed by atoms with Crippen LogP contribution in [-0.4, -0.2) is 47.1 Å². The van der Waals surface area contributed by atoms with Crippen molar-refractivity contribution in [3.63, 3.8) is 0 Å².